The molecule has 0 saturated heterocycles. The van der Waals surface area contributed by atoms with Gasteiger partial charge < -0.3 is 35.6 Å². The van der Waals surface area contributed by atoms with Crippen molar-refractivity contribution in [3.05, 3.63) is 106 Å². The molecule has 4 bridgehead atoms. The van der Waals surface area contributed by atoms with E-state index in [0.717, 1.165) is 41.4 Å². The van der Waals surface area contributed by atoms with Gasteiger partial charge in [-0.3, -0.25) is 10.1 Å². The highest BCUT2D eigenvalue weighted by atomic mass is 16.5. The van der Waals surface area contributed by atoms with Gasteiger partial charge in [-0.1, -0.05) is 78.4 Å². The third-order valence-electron chi connectivity index (χ3n) is 13.1. The summed E-state index contributed by atoms with van der Waals surface area (Å²) in [7, 11) is 1.86. The summed E-state index contributed by atoms with van der Waals surface area (Å²) in [4.78, 5) is 12.4. The second-order valence-corrected chi connectivity index (χ2v) is 16.7. The first kappa shape index (κ1) is 43.1. The lowest BCUT2D eigenvalue weighted by Gasteiger charge is -2.61. The number of aliphatic hydroxyl groups excluding tert-OH is 4. The lowest BCUT2D eigenvalue weighted by molar-refractivity contribution is -0.194. The molecule has 5 rings (SSSR count). The first-order valence-corrected chi connectivity index (χ1v) is 20.4. The topological polar surface area (TPSA) is 152 Å². The maximum Gasteiger partial charge on any atom is 0.145 e. The highest BCUT2D eigenvalue weighted by Gasteiger charge is 2.68. The van der Waals surface area contributed by atoms with Gasteiger partial charge in [-0.2, -0.15) is 0 Å². The zero-order chi connectivity index (χ0) is 39.8. The van der Waals surface area contributed by atoms with Gasteiger partial charge in [0.1, 0.15) is 12.5 Å². The van der Waals surface area contributed by atoms with E-state index in [1.54, 1.807) is 0 Å². The van der Waals surface area contributed by atoms with Crippen LogP contribution in [0.5, 0.6) is 0 Å². The molecule has 4 aliphatic rings. The van der Waals surface area contributed by atoms with Crippen LogP contribution in [-0.2, 0) is 22.4 Å². The average molecular weight is 759 g/mol. The fourth-order valence-corrected chi connectivity index (χ4v) is 10.4. The molecule has 9 heteroatoms. The Hall–Kier alpha value is -2.99. The number of carbonyl (C=O) groups excluding carboxylic acids is 1. The number of fused-ring (bicyclic) bond motifs is 5. The predicted molar refractivity (Wildman–Crippen MR) is 218 cm³/mol. The highest BCUT2D eigenvalue weighted by molar-refractivity contribution is 5.74. The van der Waals surface area contributed by atoms with Crippen LogP contribution in [0.4, 0.5) is 0 Å². The first-order valence-electron chi connectivity index (χ1n) is 20.4. The van der Waals surface area contributed by atoms with E-state index in [4.69, 9.17) is 4.74 Å². The van der Waals surface area contributed by atoms with E-state index >= 15 is 0 Å². The van der Waals surface area contributed by atoms with Gasteiger partial charge >= 0.3 is 0 Å². The third-order valence-corrected chi connectivity index (χ3v) is 13.1. The van der Waals surface area contributed by atoms with Gasteiger partial charge in [0.05, 0.1) is 31.5 Å². The van der Waals surface area contributed by atoms with E-state index < -0.39 is 23.3 Å². The molecule has 3 aliphatic carbocycles. The number of hydrogen-bond acceptors (Lipinski definition) is 9. The molecule has 1 heterocycles. The first-order chi connectivity index (χ1) is 26.4. The lowest BCUT2D eigenvalue weighted by Crippen LogP contribution is -2.65. The number of aldehydes is 1. The molecular weight excluding hydrogens is 693 g/mol. The molecule has 1 spiro atoms. The summed E-state index contributed by atoms with van der Waals surface area (Å²) < 4.78 is 5.93. The monoisotopic (exact) mass is 758 g/mol. The minimum Gasteiger partial charge on any atom is -0.396 e. The number of hydrogen-bond donors (Lipinski definition) is 7. The molecule has 55 heavy (non-hydrogen) atoms. The van der Waals surface area contributed by atoms with E-state index in [0.29, 0.717) is 50.6 Å². The summed E-state index contributed by atoms with van der Waals surface area (Å²) in [5, 5.41) is 62.8. The molecule has 1 aromatic rings. The Bertz CT molecular complexity index is 1650. The minimum atomic E-state index is -1.23. The Labute approximate surface area is 328 Å². The van der Waals surface area contributed by atoms with Crippen LogP contribution in [0.2, 0.25) is 0 Å². The smallest absolute Gasteiger partial charge is 0.145 e. The van der Waals surface area contributed by atoms with Crippen LogP contribution in [0.1, 0.15) is 70.4 Å². The zero-order valence-corrected chi connectivity index (χ0v) is 33.4. The standard InChI is InChI=1S/C46H66N2O7/c1-30(37-13-12-31(2)44(53)48-33(4)24-34-9-7-10-35(25-34)26-37)8-6-11-39(29-55-23-22-50)40-16-18-46(43(40)52)42-36(17-21-49)14-15-38(41(42)32(3)28-51)27-45(46,54)19-20-47-5/h6-12,14-15,25,28,33,36-38,40,42-44,47-50,52-54H,1,13,16-24,26-27,29H2,2-5H3/b8-6+,31-12+,39-11-,41-32?/t33-,36-,37-,38-,40-,42-,43+,44+,45+,46+/m0/s1. The van der Waals surface area contributed by atoms with Crippen molar-refractivity contribution in [2.75, 3.05) is 40.0 Å². The van der Waals surface area contributed by atoms with Crippen LogP contribution in [0.15, 0.2) is 95.2 Å². The molecule has 7 N–H and O–H groups in total. The summed E-state index contributed by atoms with van der Waals surface area (Å²) in [6.07, 6.45) is 16.3. The number of nitrogens with one attached hydrogen (secondary N) is 2. The molecule has 0 aromatic heterocycles. The number of benzene rings is 1. The molecule has 2 saturated carbocycles. The zero-order valence-electron chi connectivity index (χ0n) is 33.4. The molecule has 1 aromatic carbocycles. The van der Waals surface area contributed by atoms with Crippen molar-refractivity contribution in [2.45, 2.75) is 96.1 Å². The molecule has 1 aliphatic heterocycles. The van der Waals surface area contributed by atoms with E-state index in [1.165, 1.54) is 11.1 Å². The normalized spacial score (nSPS) is 35.9. The largest absolute Gasteiger partial charge is 0.396 e. The van der Waals surface area contributed by atoms with Crippen LogP contribution in [0.3, 0.4) is 0 Å². The summed E-state index contributed by atoms with van der Waals surface area (Å²) in [5.74, 6) is -0.857. The molecule has 302 valence electrons. The van der Waals surface area contributed by atoms with Crippen molar-refractivity contribution in [3.63, 3.8) is 0 Å². The molecule has 0 unspecified atom stereocenters. The van der Waals surface area contributed by atoms with E-state index in [2.05, 4.69) is 66.6 Å². The van der Waals surface area contributed by atoms with Gasteiger partial charge in [0, 0.05) is 29.9 Å². The van der Waals surface area contributed by atoms with Crippen LogP contribution in [0, 0.1) is 35.0 Å². The minimum absolute atomic E-state index is 0.0402. The second kappa shape index (κ2) is 19.4. The number of aliphatic hydroxyl groups is 5. The number of rotatable bonds is 14. The Morgan fingerprint density at radius 1 is 1.15 bits per heavy atom. The Morgan fingerprint density at radius 3 is 2.62 bits per heavy atom. The van der Waals surface area contributed by atoms with Gasteiger partial charge in [-0.25, -0.2) is 0 Å². The Morgan fingerprint density at radius 2 is 1.91 bits per heavy atom. The van der Waals surface area contributed by atoms with Gasteiger partial charge in [-0.05, 0) is 131 Å². The van der Waals surface area contributed by atoms with Gasteiger partial charge in [-0.15, -0.1) is 0 Å². The number of ether oxygens (including phenoxy) is 1. The van der Waals surface area contributed by atoms with E-state index in [9.17, 15) is 30.3 Å². The predicted octanol–water partition coefficient (Wildman–Crippen LogP) is 4.90. The third kappa shape index (κ3) is 9.43. The fraction of sp³-hybridized carbons (Fsp3) is 0.587. The van der Waals surface area contributed by atoms with Crippen molar-refractivity contribution in [3.8, 4) is 0 Å². The van der Waals surface area contributed by atoms with Gasteiger partial charge in [0.15, 0.2) is 0 Å². The summed E-state index contributed by atoms with van der Waals surface area (Å²) >= 11 is 0. The average Bonchev–Trinajstić information content (AvgIpc) is 3.51. The molecule has 0 amide bonds. The lowest BCUT2D eigenvalue weighted by atomic mass is 9.45. The number of allylic oxidation sites excluding steroid dienone is 9. The van der Waals surface area contributed by atoms with E-state index in [-0.39, 0.29) is 62.1 Å². The van der Waals surface area contributed by atoms with Crippen LogP contribution < -0.4 is 10.6 Å². The highest BCUT2D eigenvalue weighted by Crippen LogP contribution is 2.67. The summed E-state index contributed by atoms with van der Waals surface area (Å²) in [5.41, 5.74) is 4.56. The van der Waals surface area contributed by atoms with Crippen LogP contribution in [0.25, 0.3) is 0 Å². The van der Waals surface area contributed by atoms with Crippen molar-refractivity contribution in [2.24, 2.45) is 35.0 Å². The number of carbonyl (C=O) groups is 1. The molecular formula is C46H66N2O7. The van der Waals surface area contributed by atoms with Gasteiger partial charge in [0.25, 0.3) is 0 Å². The molecule has 9 nitrogen and oxygen atoms in total. The van der Waals surface area contributed by atoms with Crippen molar-refractivity contribution in [1.82, 2.24) is 10.6 Å². The van der Waals surface area contributed by atoms with Crippen molar-refractivity contribution < 1.29 is 35.1 Å². The van der Waals surface area contributed by atoms with Crippen LogP contribution in [-0.4, -0.2) is 95.8 Å². The summed E-state index contributed by atoms with van der Waals surface area (Å²) in [6.45, 7) is 11.1. The Balaban J connectivity index is 1.49. The van der Waals surface area contributed by atoms with Crippen molar-refractivity contribution in [1.29, 1.82) is 0 Å². The Kier molecular flexibility index (Phi) is 15.2. The molecule has 2 fully saturated rings. The molecule has 0 radical (unpaired) electrons. The maximum absolute atomic E-state index is 12.9. The summed E-state index contributed by atoms with van der Waals surface area (Å²) in [6, 6.07) is 8.75. The van der Waals surface area contributed by atoms with Gasteiger partial charge in [0.2, 0.25) is 0 Å². The quantitative estimate of drug-likeness (QED) is 0.0462. The molecule has 10 atom stereocenters. The van der Waals surface area contributed by atoms with Crippen molar-refractivity contribution >= 4 is 6.29 Å². The SMILES string of the molecule is C=C(/C=C/C=C(/COCCO)[C@@H]1CC[C@]2([C@@H]1O)[C@@H]1C(=C(C)C=O)[C@@H](C=C[C@H]1CCO)C[C@]2(O)CCNC)[C@H]1C/C=C(\C)[C@@H](O)N[C@@H](C)Cc2cccc(c2)C1. The fourth-order valence-electron chi connectivity index (χ4n) is 10.4. The second-order valence-electron chi connectivity index (χ2n) is 16.7. The maximum atomic E-state index is 12.9. The van der Waals surface area contributed by atoms with E-state index in [1.807, 2.05) is 39.1 Å². The van der Waals surface area contributed by atoms with Crippen LogP contribution >= 0.6 is 0 Å².